The Hall–Kier alpha value is -0.170. The molecule has 0 atom stereocenters. The first-order chi connectivity index (χ1) is 5.21. The molecule has 6 heteroatoms. The molecule has 12 heavy (non-hydrogen) atoms. The number of hydrogen-bond donors (Lipinski definition) is 2. The van der Waals surface area contributed by atoms with Crippen LogP contribution in [0.2, 0.25) is 0 Å². The molecule has 0 rings (SSSR count). The second kappa shape index (κ2) is 4.18. The van der Waals surface area contributed by atoms with Crippen molar-refractivity contribution >= 4 is 10.3 Å². The lowest BCUT2D eigenvalue weighted by Crippen LogP contribution is -2.37. The Kier molecular flexibility index (Phi) is 4.12. The summed E-state index contributed by atoms with van der Waals surface area (Å²) in [6, 6.07) is 0. The molecule has 0 unspecified atom stereocenters. The van der Waals surface area contributed by atoms with Crippen LogP contribution >= 0.6 is 0 Å². The number of nitrogens with one attached hydrogen (secondary N) is 1. The Labute approximate surface area is 73.8 Å². The third-order valence-corrected chi connectivity index (χ3v) is 1.86. The summed E-state index contributed by atoms with van der Waals surface area (Å²) >= 11 is 0. The average molecular weight is 197 g/mol. The molecule has 0 aromatic carbocycles. The zero-order chi connectivity index (χ0) is 9.83. The number of hydrogen-bond acceptors (Lipinski definition) is 2. The van der Waals surface area contributed by atoms with Crippen LogP contribution in [0.5, 0.6) is 0 Å². The van der Waals surface area contributed by atoms with Crippen molar-refractivity contribution in [1.29, 1.82) is 0 Å². The van der Waals surface area contributed by atoms with E-state index < -0.39 is 10.3 Å². The van der Waals surface area contributed by atoms with Gasteiger partial charge in [-0.25, -0.2) is 0 Å². The highest BCUT2D eigenvalue weighted by atomic mass is 32.2. The van der Waals surface area contributed by atoms with Crippen molar-refractivity contribution < 1.29 is 17.5 Å². The first kappa shape index (κ1) is 11.8. The molecular formula is C6H17N2O3S+. The molecule has 0 fully saturated rings. The second-order valence-corrected chi connectivity index (χ2v) is 4.98. The first-order valence-electron chi connectivity index (χ1n) is 3.73. The van der Waals surface area contributed by atoms with Gasteiger partial charge in [0.1, 0.15) is 0 Å². The predicted molar refractivity (Wildman–Crippen MR) is 47.1 cm³/mol. The lowest BCUT2D eigenvalue weighted by atomic mass is 10.4. The summed E-state index contributed by atoms with van der Waals surface area (Å²) < 4.78 is 31.5. The molecule has 0 heterocycles. The Morgan fingerprint density at radius 3 is 2.17 bits per heavy atom. The van der Waals surface area contributed by atoms with Gasteiger partial charge in [-0.05, 0) is 0 Å². The first-order valence-corrected chi connectivity index (χ1v) is 5.17. The Balaban J connectivity index is 3.48. The minimum Gasteiger partial charge on any atom is -0.331 e. The van der Waals surface area contributed by atoms with Crippen molar-refractivity contribution in [2.24, 2.45) is 0 Å². The van der Waals surface area contributed by atoms with E-state index in [0.29, 0.717) is 6.42 Å². The van der Waals surface area contributed by atoms with Gasteiger partial charge in [-0.1, -0.05) is 0 Å². The van der Waals surface area contributed by atoms with Gasteiger partial charge in [-0.2, -0.15) is 13.1 Å². The summed E-state index contributed by atoms with van der Waals surface area (Å²) in [6.45, 7) is 1.15. The lowest BCUT2D eigenvalue weighted by molar-refractivity contribution is -0.870. The molecule has 0 aromatic heterocycles. The standard InChI is InChI=1S/C6H16N2O3S/c1-8(2,3)6-4-5-7-12(9,10)11/h7H,4-6H2,1-3H3/p+1. The fourth-order valence-corrected chi connectivity index (χ4v) is 1.16. The van der Waals surface area contributed by atoms with Crippen LogP contribution in [-0.4, -0.2) is 51.7 Å². The number of quaternary nitrogens is 1. The molecule has 5 nitrogen and oxygen atoms in total. The predicted octanol–water partition coefficient (Wildman–Crippen LogP) is -0.525. The van der Waals surface area contributed by atoms with E-state index in [1.165, 1.54) is 0 Å². The van der Waals surface area contributed by atoms with E-state index in [4.69, 9.17) is 4.55 Å². The van der Waals surface area contributed by atoms with Gasteiger partial charge in [-0.15, -0.1) is 0 Å². The Morgan fingerprint density at radius 2 is 1.83 bits per heavy atom. The summed E-state index contributed by atoms with van der Waals surface area (Å²) in [6.07, 6.45) is 0.712. The fourth-order valence-electron chi connectivity index (χ4n) is 0.755. The normalized spacial score (nSPS) is 13.3. The van der Waals surface area contributed by atoms with E-state index in [1.807, 2.05) is 25.9 Å². The van der Waals surface area contributed by atoms with Crippen molar-refractivity contribution in [3.63, 3.8) is 0 Å². The smallest absolute Gasteiger partial charge is 0.331 e. The van der Waals surface area contributed by atoms with E-state index in [9.17, 15) is 8.42 Å². The molecule has 0 bridgehead atoms. The molecule has 74 valence electrons. The fraction of sp³-hybridized carbons (Fsp3) is 1.00. The molecule has 0 aliphatic heterocycles. The zero-order valence-corrected chi connectivity index (χ0v) is 8.56. The van der Waals surface area contributed by atoms with Crippen LogP contribution in [0.25, 0.3) is 0 Å². The number of rotatable bonds is 5. The zero-order valence-electron chi connectivity index (χ0n) is 7.74. The summed E-state index contributed by atoms with van der Waals surface area (Å²) in [7, 11) is 2.07. The van der Waals surface area contributed by atoms with Crippen LogP contribution in [0, 0.1) is 0 Å². The van der Waals surface area contributed by atoms with E-state index in [0.717, 1.165) is 11.0 Å². The van der Waals surface area contributed by atoms with Gasteiger partial charge in [-0.3, -0.25) is 4.55 Å². The maximum Gasteiger partial charge on any atom is 0.333 e. The molecule has 0 spiro atoms. The van der Waals surface area contributed by atoms with Crippen molar-refractivity contribution in [2.45, 2.75) is 6.42 Å². The Morgan fingerprint density at radius 1 is 1.33 bits per heavy atom. The molecule has 0 aliphatic rings. The van der Waals surface area contributed by atoms with Crippen LogP contribution in [0.4, 0.5) is 0 Å². The van der Waals surface area contributed by atoms with Crippen LogP contribution in [0.15, 0.2) is 0 Å². The molecule has 0 aliphatic carbocycles. The summed E-state index contributed by atoms with van der Waals surface area (Å²) in [4.78, 5) is 0. The second-order valence-electron chi connectivity index (χ2n) is 3.74. The monoisotopic (exact) mass is 197 g/mol. The van der Waals surface area contributed by atoms with Crippen molar-refractivity contribution in [3.05, 3.63) is 0 Å². The highest BCUT2D eigenvalue weighted by Crippen LogP contribution is 1.92. The van der Waals surface area contributed by atoms with E-state index >= 15 is 0 Å². The van der Waals surface area contributed by atoms with E-state index in [2.05, 4.69) is 0 Å². The van der Waals surface area contributed by atoms with Crippen LogP contribution in [0.3, 0.4) is 0 Å². The van der Waals surface area contributed by atoms with Crippen molar-refractivity contribution in [2.75, 3.05) is 34.2 Å². The van der Waals surface area contributed by atoms with Crippen LogP contribution < -0.4 is 4.72 Å². The lowest BCUT2D eigenvalue weighted by Gasteiger charge is -2.23. The number of nitrogens with zero attached hydrogens (tertiary/aromatic N) is 1. The molecule has 0 aromatic rings. The SMILES string of the molecule is C[N+](C)(C)CCCNS(=O)(=O)O. The summed E-state index contributed by atoms with van der Waals surface area (Å²) in [5.41, 5.74) is 0. The van der Waals surface area contributed by atoms with Crippen LogP contribution in [-0.2, 0) is 10.3 Å². The Bertz CT molecular complexity index is 217. The van der Waals surface area contributed by atoms with Crippen molar-refractivity contribution in [3.8, 4) is 0 Å². The maximum absolute atomic E-state index is 10.2. The molecular weight excluding hydrogens is 180 g/mol. The van der Waals surface area contributed by atoms with Gasteiger partial charge in [0.25, 0.3) is 0 Å². The van der Waals surface area contributed by atoms with Crippen LogP contribution in [0.1, 0.15) is 6.42 Å². The van der Waals surface area contributed by atoms with Gasteiger partial charge in [0.2, 0.25) is 0 Å². The highest BCUT2D eigenvalue weighted by Gasteiger charge is 2.07. The average Bonchev–Trinajstić information content (AvgIpc) is 1.76. The van der Waals surface area contributed by atoms with Crippen molar-refractivity contribution in [1.82, 2.24) is 4.72 Å². The van der Waals surface area contributed by atoms with Gasteiger partial charge >= 0.3 is 10.3 Å². The van der Waals surface area contributed by atoms with Gasteiger partial charge in [0, 0.05) is 13.0 Å². The van der Waals surface area contributed by atoms with Gasteiger partial charge in [0.05, 0.1) is 27.7 Å². The summed E-state index contributed by atoms with van der Waals surface area (Å²) in [5.74, 6) is 0. The largest absolute Gasteiger partial charge is 0.333 e. The van der Waals surface area contributed by atoms with E-state index in [1.54, 1.807) is 0 Å². The van der Waals surface area contributed by atoms with Gasteiger partial charge in [0.15, 0.2) is 0 Å². The molecule has 0 amide bonds. The minimum atomic E-state index is -4.00. The minimum absolute atomic E-state index is 0.286. The third-order valence-electron chi connectivity index (χ3n) is 1.29. The topological polar surface area (TPSA) is 66.4 Å². The summed E-state index contributed by atoms with van der Waals surface area (Å²) in [5, 5.41) is 0. The quantitative estimate of drug-likeness (QED) is 0.354. The molecule has 0 saturated heterocycles. The molecule has 2 N–H and O–H groups in total. The molecule has 0 radical (unpaired) electrons. The third kappa shape index (κ3) is 9.83. The van der Waals surface area contributed by atoms with E-state index in [-0.39, 0.29) is 6.54 Å². The maximum atomic E-state index is 10.2. The molecule has 0 saturated carbocycles. The highest BCUT2D eigenvalue weighted by molar-refractivity contribution is 7.83. The van der Waals surface area contributed by atoms with Gasteiger partial charge < -0.3 is 4.48 Å².